The fourth-order valence-corrected chi connectivity index (χ4v) is 2.98. The van der Waals surface area contributed by atoms with Crippen LogP contribution in [0.5, 0.6) is 0 Å². The predicted octanol–water partition coefficient (Wildman–Crippen LogP) is 4.40. The van der Waals surface area contributed by atoms with Crippen molar-refractivity contribution in [3.05, 3.63) is 11.3 Å². The molecular weight excluding hydrogens is 272 g/mol. The van der Waals surface area contributed by atoms with Crippen LogP contribution in [0.4, 0.5) is 5.00 Å². The average Bonchev–Trinajstić information content (AvgIpc) is 2.76. The van der Waals surface area contributed by atoms with Crippen molar-refractivity contribution in [1.82, 2.24) is 4.37 Å². The Bertz CT molecular complexity index is 418. The van der Waals surface area contributed by atoms with E-state index in [2.05, 4.69) is 23.5 Å². The topological polar surface area (TPSA) is 51.2 Å². The first kappa shape index (κ1) is 17.0. The monoisotopic (exact) mass is 298 g/mol. The van der Waals surface area contributed by atoms with Crippen molar-refractivity contribution in [2.24, 2.45) is 0 Å². The highest BCUT2D eigenvalue weighted by atomic mass is 32.1. The minimum absolute atomic E-state index is 0.278. The molecule has 4 nitrogen and oxygen atoms in total. The number of nitrogens with zero attached hydrogens (tertiary/aromatic N) is 1. The zero-order valence-corrected chi connectivity index (χ0v) is 13.8. The van der Waals surface area contributed by atoms with Gasteiger partial charge in [-0.25, -0.2) is 4.79 Å². The maximum absolute atomic E-state index is 11.9. The molecule has 0 amide bonds. The Labute approximate surface area is 126 Å². The van der Waals surface area contributed by atoms with E-state index in [-0.39, 0.29) is 5.97 Å². The highest BCUT2D eigenvalue weighted by Gasteiger charge is 2.20. The normalized spacial score (nSPS) is 12.2. The van der Waals surface area contributed by atoms with Gasteiger partial charge in [0.25, 0.3) is 0 Å². The Hall–Kier alpha value is -1.10. The summed E-state index contributed by atoms with van der Waals surface area (Å²) in [6.07, 6.45) is 6.14. The summed E-state index contributed by atoms with van der Waals surface area (Å²) in [5, 5.41) is 4.24. The second-order valence-electron chi connectivity index (χ2n) is 5.09. The van der Waals surface area contributed by atoms with Gasteiger partial charge >= 0.3 is 5.97 Å². The van der Waals surface area contributed by atoms with Gasteiger partial charge in [0.1, 0.15) is 10.6 Å². The van der Waals surface area contributed by atoms with Crippen LogP contribution in [0.1, 0.15) is 68.9 Å². The Morgan fingerprint density at radius 1 is 1.35 bits per heavy atom. The molecule has 0 saturated heterocycles. The van der Waals surface area contributed by atoms with Crippen LogP contribution in [-0.4, -0.2) is 23.0 Å². The summed E-state index contributed by atoms with van der Waals surface area (Å²) in [5.74, 6) is -0.278. The zero-order valence-electron chi connectivity index (χ0n) is 13.0. The van der Waals surface area contributed by atoms with Crippen LogP contribution in [0.15, 0.2) is 0 Å². The number of carbonyl (C=O) groups is 1. The van der Waals surface area contributed by atoms with Crippen molar-refractivity contribution < 1.29 is 9.53 Å². The van der Waals surface area contributed by atoms with E-state index in [1.807, 2.05) is 13.8 Å². The average molecular weight is 298 g/mol. The minimum atomic E-state index is -0.278. The Morgan fingerprint density at radius 2 is 2.10 bits per heavy atom. The molecule has 0 radical (unpaired) electrons. The smallest absolute Gasteiger partial charge is 0.343 e. The maximum atomic E-state index is 11.9. The molecular formula is C15H26N2O2S. The lowest BCUT2D eigenvalue weighted by Crippen LogP contribution is -2.17. The number of unbranched alkanes of at least 4 members (excludes halogenated alkanes) is 3. The van der Waals surface area contributed by atoms with Crippen LogP contribution in [-0.2, 0) is 4.74 Å². The zero-order chi connectivity index (χ0) is 15.0. The fourth-order valence-electron chi connectivity index (χ4n) is 2.09. The lowest BCUT2D eigenvalue weighted by molar-refractivity contribution is 0.0527. The molecule has 0 aliphatic heterocycles. The van der Waals surface area contributed by atoms with E-state index in [0.717, 1.165) is 17.1 Å². The van der Waals surface area contributed by atoms with Gasteiger partial charge in [-0.2, -0.15) is 4.37 Å². The first-order valence-electron chi connectivity index (χ1n) is 7.50. The van der Waals surface area contributed by atoms with Gasteiger partial charge < -0.3 is 10.1 Å². The van der Waals surface area contributed by atoms with Gasteiger partial charge in [-0.1, -0.05) is 32.6 Å². The van der Waals surface area contributed by atoms with Crippen LogP contribution in [0.3, 0.4) is 0 Å². The molecule has 0 aliphatic carbocycles. The molecule has 0 spiro atoms. The van der Waals surface area contributed by atoms with Crippen molar-refractivity contribution in [2.75, 3.05) is 11.9 Å². The molecule has 5 heteroatoms. The summed E-state index contributed by atoms with van der Waals surface area (Å²) < 4.78 is 9.35. The van der Waals surface area contributed by atoms with E-state index in [1.165, 1.54) is 37.2 Å². The van der Waals surface area contributed by atoms with Crippen molar-refractivity contribution in [3.8, 4) is 0 Å². The number of aryl methyl sites for hydroxylation is 1. The molecule has 114 valence electrons. The number of esters is 1. The van der Waals surface area contributed by atoms with Gasteiger partial charge in [0.2, 0.25) is 0 Å². The molecule has 20 heavy (non-hydrogen) atoms. The molecule has 1 atom stereocenters. The highest BCUT2D eigenvalue weighted by molar-refractivity contribution is 7.10. The molecule has 1 rings (SSSR count). The van der Waals surface area contributed by atoms with Gasteiger partial charge in [0.05, 0.1) is 12.3 Å². The van der Waals surface area contributed by atoms with E-state index >= 15 is 0 Å². The minimum Gasteiger partial charge on any atom is -0.462 e. The van der Waals surface area contributed by atoms with Gasteiger partial charge in [-0.15, -0.1) is 0 Å². The van der Waals surface area contributed by atoms with E-state index < -0.39 is 0 Å². The second kappa shape index (κ2) is 8.95. The number of hydrogen-bond donors (Lipinski definition) is 1. The summed E-state index contributed by atoms with van der Waals surface area (Å²) >= 11 is 1.34. The van der Waals surface area contributed by atoms with Crippen LogP contribution >= 0.6 is 11.5 Å². The quantitative estimate of drug-likeness (QED) is 0.542. The molecule has 0 aromatic carbocycles. The molecule has 1 N–H and O–H groups in total. The molecule has 0 fully saturated rings. The van der Waals surface area contributed by atoms with E-state index in [4.69, 9.17) is 4.74 Å². The Morgan fingerprint density at radius 3 is 2.75 bits per heavy atom. The van der Waals surface area contributed by atoms with Crippen molar-refractivity contribution >= 4 is 22.5 Å². The maximum Gasteiger partial charge on any atom is 0.343 e. The lowest BCUT2D eigenvalue weighted by atomic mass is 10.1. The SMILES string of the molecule is CCCCCCC(C)Nc1snc(C)c1C(=O)OCC. The van der Waals surface area contributed by atoms with E-state index in [1.54, 1.807) is 0 Å². The van der Waals surface area contributed by atoms with Gasteiger partial charge in [-0.05, 0) is 38.7 Å². The van der Waals surface area contributed by atoms with Crippen molar-refractivity contribution in [2.45, 2.75) is 65.8 Å². The third-order valence-corrected chi connectivity index (χ3v) is 4.08. The lowest BCUT2D eigenvalue weighted by Gasteiger charge is -2.14. The van der Waals surface area contributed by atoms with Gasteiger partial charge in [-0.3, -0.25) is 0 Å². The van der Waals surface area contributed by atoms with Gasteiger partial charge in [0.15, 0.2) is 0 Å². The van der Waals surface area contributed by atoms with E-state index in [9.17, 15) is 4.79 Å². The largest absolute Gasteiger partial charge is 0.462 e. The molecule has 0 bridgehead atoms. The molecule has 1 unspecified atom stereocenters. The summed E-state index contributed by atoms with van der Waals surface area (Å²) in [7, 11) is 0. The van der Waals surface area contributed by atoms with Gasteiger partial charge in [0, 0.05) is 6.04 Å². The molecule has 1 aromatic heterocycles. The molecule has 0 saturated carbocycles. The van der Waals surface area contributed by atoms with Crippen molar-refractivity contribution in [1.29, 1.82) is 0 Å². The third-order valence-electron chi connectivity index (χ3n) is 3.21. The molecule has 0 aliphatic rings. The predicted molar refractivity (Wildman–Crippen MR) is 84.7 cm³/mol. The first-order valence-corrected chi connectivity index (χ1v) is 8.27. The van der Waals surface area contributed by atoms with Crippen LogP contribution in [0, 0.1) is 6.92 Å². The summed E-state index contributed by atoms with van der Waals surface area (Å²) in [5.41, 5.74) is 1.34. The number of rotatable bonds is 9. The fraction of sp³-hybridized carbons (Fsp3) is 0.733. The third kappa shape index (κ3) is 5.12. The Balaban J connectivity index is 2.56. The first-order chi connectivity index (χ1) is 9.60. The number of nitrogens with one attached hydrogen (secondary N) is 1. The van der Waals surface area contributed by atoms with Crippen LogP contribution in [0.25, 0.3) is 0 Å². The Kier molecular flexibility index (Phi) is 7.59. The number of anilines is 1. The highest BCUT2D eigenvalue weighted by Crippen LogP contribution is 2.26. The van der Waals surface area contributed by atoms with Crippen LogP contribution < -0.4 is 5.32 Å². The number of hydrogen-bond acceptors (Lipinski definition) is 5. The second-order valence-corrected chi connectivity index (χ2v) is 5.86. The molecule has 1 heterocycles. The standard InChI is InChI=1S/C15H26N2O2S/c1-5-7-8-9-10-11(3)16-14-13(12(4)17-20-14)15(18)19-6-2/h11,16H,5-10H2,1-4H3. The van der Waals surface area contributed by atoms with Crippen molar-refractivity contribution in [3.63, 3.8) is 0 Å². The van der Waals surface area contributed by atoms with Crippen LogP contribution in [0.2, 0.25) is 0 Å². The molecule has 1 aromatic rings. The number of carbonyl (C=O) groups excluding carboxylic acids is 1. The number of ether oxygens (including phenoxy) is 1. The summed E-state index contributed by atoms with van der Waals surface area (Å²) in [6.45, 7) is 8.42. The summed E-state index contributed by atoms with van der Waals surface area (Å²) in [4.78, 5) is 11.9. The van der Waals surface area contributed by atoms with E-state index in [0.29, 0.717) is 18.2 Å². The number of aromatic nitrogens is 1. The summed E-state index contributed by atoms with van der Waals surface area (Å²) in [6, 6.07) is 0.347.